The third-order valence-corrected chi connectivity index (χ3v) is 5.76. The van der Waals surface area contributed by atoms with Crippen molar-refractivity contribution in [1.29, 1.82) is 0 Å². The summed E-state index contributed by atoms with van der Waals surface area (Å²) in [5.41, 5.74) is 5.32. The van der Waals surface area contributed by atoms with E-state index in [1.54, 1.807) is 0 Å². The molecule has 4 rings (SSSR count). The number of anilines is 1. The van der Waals surface area contributed by atoms with Crippen LogP contribution in [0.2, 0.25) is 0 Å². The summed E-state index contributed by atoms with van der Waals surface area (Å²) in [6, 6.07) is 3.06. The molecule has 0 bridgehead atoms. The van der Waals surface area contributed by atoms with Crippen LogP contribution in [0.1, 0.15) is 34.0 Å². The van der Waals surface area contributed by atoms with E-state index in [1.807, 2.05) is 0 Å². The van der Waals surface area contributed by atoms with Crippen molar-refractivity contribution in [2.75, 3.05) is 11.9 Å². The van der Waals surface area contributed by atoms with Crippen molar-refractivity contribution >= 4 is 42.3 Å². The zero-order valence-corrected chi connectivity index (χ0v) is 21.5. The minimum absolute atomic E-state index is 0. The lowest BCUT2D eigenvalue weighted by atomic mass is 10.0. The minimum atomic E-state index is -4.84. The van der Waals surface area contributed by atoms with Gasteiger partial charge in [-0.05, 0) is 30.2 Å². The Labute approximate surface area is 230 Å². The monoisotopic (exact) mass is 598 g/mol. The van der Waals surface area contributed by atoms with Crippen LogP contribution in [0.3, 0.4) is 0 Å². The summed E-state index contributed by atoms with van der Waals surface area (Å²) in [4.78, 5) is 34.2. The highest BCUT2D eigenvalue weighted by Crippen LogP contribution is 2.32. The van der Waals surface area contributed by atoms with Gasteiger partial charge in [-0.3, -0.25) is 14.6 Å². The van der Waals surface area contributed by atoms with Crippen LogP contribution in [-0.2, 0) is 30.5 Å². The van der Waals surface area contributed by atoms with Gasteiger partial charge in [-0.25, -0.2) is 18.2 Å². The number of nitrogens with zero attached hydrogens (tertiary/aromatic N) is 4. The van der Waals surface area contributed by atoms with E-state index in [0.29, 0.717) is 12.1 Å². The Balaban J connectivity index is 0.00000267. The van der Waals surface area contributed by atoms with Crippen molar-refractivity contribution in [3.63, 3.8) is 0 Å². The summed E-state index contributed by atoms with van der Waals surface area (Å²) < 4.78 is 82.2. The number of carbonyl (C=O) groups excluding carboxylic acids is 2. The molecule has 0 saturated carbocycles. The SMILES string of the molecule is Cl.Cl.N[C@@H](CC(=O)N1CCn2c(C(F)(F)F)nc(C(=O)Nc3cccnc3)c2C1)Cc1cc(F)c(F)cc1F. The predicted octanol–water partition coefficient (Wildman–Crippen LogP) is 4.11. The molecule has 16 heteroatoms. The molecular formula is C23H22Cl2F6N6O2. The average molecular weight is 599 g/mol. The fourth-order valence-electron chi connectivity index (χ4n) is 4.03. The molecular weight excluding hydrogens is 577 g/mol. The van der Waals surface area contributed by atoms with Gasteiger partial charge in [-0.1, -0.05) is 0 Å². The molecule has 1 aliphatic heterocycles. The summed E-state index contributed by atoms with van der Waals surface area (Å²) in [7, 11) is 0. The van der Waals surface area contributed by atoms with E-state index in [1.165, 1.54) is 29.4 Å². The maximum absolute atomic E-state index is 13.9. The second kappa shape index (κ2) is 12.7. The van der Waals surface area contributed by atoms with Gasteiger partial charge in [0.05, 0.1) is 24.1 Å². The van der Waals surface area contributed by atoms with Crippen molar-refractivity contribution in [3.05, 3.63) is 76.9 Å². The molecule has 3 N–H and O–H groups in total. The van der Waals surface area contributed by atoms with Gasteiger partial charge in [-0.2, -0.15) is 13.2 Å². The number of hydrogen-bond donors (Lipinski definition) is 2. The van der Waals surface area contributed by atoms with Crippen LogP contribution < -0.4 is 11.1 Å². The Morgan fingerprint density at radius 2 is 1.77 bits per heavy atom. The number of halogens is 8. The maximum atomic E-state index is 13.9. The molecule has 1 aliphatic rings. The van der Waals surface area contributed by atoms with Crippen molar-refractivity contribution in [2.24, 2.45) is 5.73 Å². The number of imidazole rings is 1. The number of nitrogens with two attached hydrogens (primary N) is 1. The van der Waals surface area contributed by atoms with E-state index in [0.717, 1.165) is 4.57 Å². The van der Waals surface area contributed by atoms with Crippen LogP contribution >= 0.6 is 24.8 Å². The minimum Gasteiger partial charge on any atom is -0.335 e. The van der Waals surface area contributed by atoms with Crippen LogP contribution in [0.25, 0.3) is 0 Å². The third kappa shape index (κ3) is 7.19. The highest BCUT2D eigenvalue weighted by Gasteiger charge is 2.41. The number of carbonyl (C=O) groups is 2. The Morgan fingerprint density at radius 1 is 1.08 bits per heavy atom. The highest BCUT2D eigenvalue weighted by atomic mass is 35.5. The molecule has 1 aromatic carbocycles. The number of amides is 2. The molecule has 8 nitrogen and oxygen atoms in total. The molecule has 0 fully saturated rings. The number of benzene rings is 1. The summed E-state index contributed by atoms with van der Waals surface area (Å²) in [6.07, 6.45) is -2.72. The third-order valence-electron chi connectivity index (χ3n) is 5.76. The molecule has 3 heterocycles. The number of fused-ring (bicyclic) bond motifs is 1. The zero-order chi connectivity index (χ0) is 26.9. The van der Waals surface area contributed by atoms with Gasteiger partial charge >= 0.3 is 6.18 Å². The summed E-state index contributed by atoms with van der Waals surface area (Å²) in [5, 5.41) is 2.43. The molecule has 212 valence electrons. The second-order valence-corrected chi connectivity index (χ2v) is 8.42. The quantitative estimate of drug-likeness (QED) is 0.328. The van der Waals surface area contributed by atoms with Gasteiger partial charge in [0.1, 0.15) is 5.82 Å². The number of nitrogens with one attached hydrogen (secondary N) is 1. The van der Waals surface area contributed by atoms with Gasteiger partial charge in [-0.15, -0.1) is 24.8 Å². The standard InChI is InChI=1S/C23H20F6N6O2.2ClH/c24-15-9-17(26)16(25)7-12(15)6-13(30)8-19(36)34-4-5-35-18(11-34)20(33-22(35)23(27,28)29)21(37)32-14-2-1-3-31-10-14;;/h1-3,7,9-10,13H,4-6,8,11,30H2,(H,32,37);2*1H/t13-;;/m1../s1. The molecule has 0 spiro atoms. The van der Waals surface area contributed by atoms with Crippen LogP contribution in [0, 0.1) is 17.5 Å². The first-order valence-electron chi connectivity index (χ1n) is 11.0. The van der Waals surface area contributed by atoms with Crippen molar-refractivity contribution < 1.29 is 35.9 Å². The largest absolute Gasteiger partial charge is 0.449 e. The topological polar surface area (TPSA) is 106 Å². The lowest BCUT2D eigenvalue weighted by molar-refractivity contribution is -0.148. The molecule has 2 amide bonds. The number of aromatic nitrogens is 3. The van der Waals surface area contributed by atoms with Gasteiger partial charge in [0, 0.05) is 37.8 Å². The highest BCUT2D eigenvalue weighted by molar-refractivity contribution is 6.03. The van der Waals surface area contributed by atoms with Crippen LogP contribution in [0.4, 0.5) is 32.0 Å². The molecule has 1 atom stereocenters. The summed E-state index contributed by atoms with van der Waals surface area (Å²) >= 11 is 0. The van der Waals surface area contributed by atoms with Crippen LogP contribution in [0.5, 0.6) is 0 Å². The molecule has 0 aliphatic carbocycles. The number of hydrogen-bond acceptors (Lipinski definition) is 5. The fourth-order valence-corrected chi connectivity index (χ4v) is 4.03. The van der Waals surface area contributed by atoms with E-state index in [4.69, 9.17) is 5.73 Å². The lowest BCUT2D eigenvalue weighted by Crippen LogP contribution is -2.42. The summed E-state index contributed by atoms with van der Waals surface area (Å²) in [5.74, 6) is -6.40. The Bertz CT molecular complexity index is 1340. The number of pyridine rings is 1. The Kier molecular flexibility index (Phi) is 10.3. The first-order chi connectivity index (χ1) is 17.4. The molecule has 3 aromatic rings. The first kappa shape index (κ1) is 31.9. The van der Waals surface area contributed by atoms with Crippen molar-refractivity contribution in [1.82, 2.24) is 19.4 Å². The average Bonchev–Trinajstić information content (AvgIpc) is 3.23. The molecule has 0 radical (unpaired) electrons. The normalized spacial score (nSPS) is 13.6. The van der Waals surface area contributed by atoms with Gasteiger partial charge in [0.25, 0.3) is 5.91 Å². The van der Waals surface area contributed by atoms with Crippen molar-refractivity contribution in [3.8, 4) is 0 Å². The molecule has 39 heavy (non-hydrogen) atoms. The molecule has 0 saturated heterocycles. The van der Waals surface area contributed by atoms with Crippen molar-refractivity contribution in [2.45, 2.75) is 38.1 Å². The predicted molar refractivity (Wildman–Crippen MR) is 132 cm³/mol. The van der Waals surface area contributed by atoms with Gasteiger partial charge < -0.3 is 20.5 Å². The fraction of sp³-hybridized carbons (Fsp3) is 0.304. The first-order valence-corrected chi connectivity index (χ1v) is 11.0. The van der Waals surface area contributed by atoms with E-state index in [-0.39, 0.29) is 74.2 Å². The van der Waals surface area contributed by atoms with E-state index < -0.39 is 53.0 Å². The van der Waals surface area contributed by atoms with Crippen LogP contribution in [0.15, 0.2) is 36.7 Å². The molecule has 0 unspecified atom stereocenters. The van der Waals surface area contributed by atoms with Crippen LogP contribution in [-0.4, -0.2) is 43.8 Å². The zero-order valence-electron chi connectivity index (χ0n) is 19.8. The van der Waals surface area contributed by atoms with E-state index in [2.05, 4.69) is 15.3 Å². The second-order valence-electron chi connectivity index (χ2n) is 8.42. The van der Waals surface area contributed by atoms with E-state index in [9.17, 15) is 35.9 Å². The maximum Gasteiger partial charge on any atom is 0.449 e. The smallest absolute Gasteiger partial charge is 0.335 e. The summed E-state index contributed by atoms with van der Waals surface area (Å²) in [6.45, 7) is -0.763. The Morgan fingerprint density at radius 3 is 2.41 bits per heavy atom. The van der Waals surface area contributed by atoms with Gasteiger partial charge in [0.2, 0.25) is 11.7 Å². The Hall–Kier alpha value is -3.36. The number of alkyl halides is 3. The van der Waals surface area contributed by atoms with E-state index >= 15 is 0 Å². The number of rotatable bonds is 6. The van der Waals surface area contributed by atoms with Gasteiger partial charge in [0.15, 0.2) is 17.3 Å². The molecule has 2 aromatic heterocycles. The lowest BCUT2D eigenvalue weighted by Gasteiger charge is -2.30.